The van der Waals surface area contributed by atoms with Crippen LogP contribution in [0.4, 0.5) is 18.9 Å². The number of aliphatic imine (C=N–C) groups is 1. The maximum Gasteiger partial charge on any atom is 0.389 e. The van der Waals surface area contributed by atoms with Crippen LogP contribution in [0.2, 0.25) is 0 Å². The molecular weight excluding hydrogens is 369 g/mol. The first-order valence-corrected chi connectivity index (χ1v) is 9.93. The topological polar surface area (TPSA) is 62.9 Å². The fourth-order valence-corrected chi connectivity index (χ4v) is 2.94. The molecule has 158 valence electrons. The van der Waals surface area contributed by atoms with E-state index in [1.54, 1.807) is 12.1 Å². The maximum absolute atomic E-state index is 12.2. The van der Waals surface area contributed by atoms with Crippen LogP contribution in [0, 0.1) is 5.92 Å². The molecule has 1 aromatic carbocycles. The summed E-state index contributed by atoms with van der Waals surface area (Å²) in [7, 11) is 0. The third-order valence-electron chi connectivity index (χ3n) is 4.69. The minimum atomic E-state index is -4.14. The minimum Gasteiger partial charge on any atom is -0.494 e. The van der Waals surface area contributed by atoms with Crippen LogP contribution in [0.1, 0.15) is 39.0 Å². The molecule has 5 nitrogen and oxygen atoms in total. The lowest BCUT2D eigenvalue weighted by atomic mass is 9.99. The zero-order chi connectivity index (χ0) is 20.4. The number of alkyl halides is 3. The summed E-state index contributed by atoms with van der Waals surface area (Å²) >= 11 is 0. The van der Waals surface area contributed by atoms with Gasteiger partial charge in [0.2, 0.25) is 0 Å². The summed E-state index contributed by atoms with van der Waals surface area (Å²) in [5, 5.41) is 3.37. The predicted octanol–water partition coefficient (Wildman–Crippen LogP) is 4.26. The average molecular weight is 400 g/mol. The number of guanidine groups is 1. The van der Waals surface area contributed by atoms with Crippen molar-refractivity contribution < 1.29 is 17.9 Å². The van der Waals surface area contributed by atoms with Crippen LogP contribution in [0.3, 0.4) is 0 Å². The molecule has 0 radical (unpaired) electrons. The van der Waals surface area contributed by atoms with E-state index in [0.717, 1.165) is 49.9 Å². The molecule has 1 aliphatic rings. The quantitative estimate of drug-likeness (QED) is 0.389. The van der Waals surface area contributed by atoms with E-state index >= 15 is 0 Å². The number of hydrogen-bond acceptors (Lipinski definition) is 3. The highest BCUT2D eigenvalue weighted by molar-refractivity contribution is 5.93. The number of nitrogens with zero attached hydrogens (tertiary/aromatic N) is 2. The molecule has 0 saturated carbocycles. The molecule has 0 unspecified atom stereocenters. The second-order valence-electron chi connectivity index (χ2n) is 7.23. The molecule has 3 N–H and O–H groups in total. The maximum atomic E-state index is 12.2. The van der Waals surface area contributed by atoms with Gasteiger partial charge in [-0.25, -0.2) is 0 Å². The van der Waals surface area contributed by atoms with Crippen molar-refractivity contribution in [2.45, 2.75) is 45.2 Å². The Morgan fingerprint density at radius 2 is 1.89 bits per heavy atom. The van der Waals surface area contributed by atoms with Crippen molar-refractivity contribution in [3.05, 3.63) is 24.3 Å². The molecule has 1 aliphatic heterocycles. The molecule has 2 rings (SSSR count). The van der Waals surface area contributed by atoms with E-state index in [4.69, 9.17) is 10.5 Å². The van der Waals surface area contributed by atoms with Gasteiger partial charge in [-0.1, -0.05) is 6.92 Å². The number of ether oxygens (including phenoxy) is 1. The SMILES string of the molecule is CC1CCN(C(=NCCCN)Nc2ccc(OCCCC(F)(F)F)cc2)CC1. The van der Waals surface area contributed by atoms with Gasteiger partial charge in [0.05, 0.1) is 6.61 Å². The summed E-state index contributed by atoms with van der Waals surface area (Å²) in [4.78, 5) is 6.94. The predicted molar refractivity (Wildman–Crippen MR) is 107 cm³/mol. The van der Waals surface area contributed by atoms with E-state index in [2.05, 4.69) is 22.1 Å². The van der Waals surface area contributed by atoms with Gasteiger partial charge in [-0.3, -0.25) is 4.99 Å². The molecule has 0 amide bonds. The summed E-state index contributed by atoms with van der Waals surface area (Å²) in [5.74, 6) is 2.13. The number of piperidine rings is 1. The van der Waals surface area contributed by atoms with Gasteiger partial charge in [0.25, 0.3) is 0 Å². The van der Waals surface area contributed by atoms with Crippen LogP contribution in [-0.4, -0.2) is 49.8 Å². The molecule has 0 spiro atoms. The highest BCUT2D eigenvalue weighted by atomic mass is 19.4. The molecule has 1 saturated heterocycles. The van der Waals surface area contributed by atoms with Crippen LogP contribution >= 0.6 is 0 Å². The molecule has 28 heavy (non-hydrogen) atoms. The van der Waals surface area contributed by atoms with Gasteiger partial charge in [-0.15, -0.1) is 0 Å². The van der Waals surface area contributed by atoms with Gasteiger partial charge in [-0.05, 0) is 62.4 Å². The van der Waals surface area contributed by atoms with E-state index in [0.29, 0.717) is 18.8 Å². The fourth-order valence-electron chi connectivity index (χ4n) is 2.94. The molecular formula is C20H31F3N4O. The first-order valence-electron chi connectivity index (χ1n) is 9.93. The molecule has 1 heterocycles. The smallest absolute Gasteiger partial charge is 0.389 e. The van der Waals surface area contributed by atoms with Crippen molar-refractivity contribution in [1.82, 2.24) is 4.90 Å². The first kappa shape index (κ1) is 22.3. The van der Waals surface area contributed by atoms with Crippen LogP contribution in [-0.2, 0) is 0 Å². The van der Waals surface area contributed by atoms with Crippen LogP contribution < -0.4 is 15.8 Å². The molecule has 1 fully saturated rings. The summed E-state index contributed by atoms with van der Waals surface area (Å²) < 4.78 is 41.9. The number of nitrogens with one attached hydrogen (secondary N) is 1. The molecule has 0 aromatic heterocycles. The van der Waals surface area contributed by atoms with Crippen molar-refractivity contribution >= 4 is 11.6 Å². The monoisotopic (exact) mass is 400 g/mol. The molecule has 8 heteroatoms. The molecule has 1 aromatic rings. The third-order valence-corrected chi connectivity index (χ3v) is 4.69. The van der Waals surface area contributed by atoms with Gasteiger partial charge in [0, 0.05) is 31.7 Å². The van der Waals surface area contributed by atoms with E-state index in [1.165, 1.54) is 0 Å². The van der Waals surface area contributed by atoms with E-state index in [1.807, 2.05) is 12.1 Å². The molecule has 0 atom stereocenters. The Labute approximate surface area is 165 Å². The van der Waals surface area contributed by atoms with E-state index in [-0.39, 0.29) is 13.0 Å². The highest BCUT2D eigenvalue weighted by Crippen LogP contribution is 2.22. The van der Waals surface area contributed by atoms with Crippen LogP contribution in [0.5, 0.6) is 5.75 Å². The average Bonchev–Trinajstić information content (AvgIpc) is 2.66. The fraction of sp³-hybridized carbons (Fsp3) is 0.650. The third kappa shape index (κ3) is 8.37. The Balaban J connectivity index is 1.89. The van der Waals surface area contributed by atoms with Gasteiger partial charge < -0.3 is 20.7 Å². The number of hydrogen-bond donors (Lipinski definition) is 2. The summed E-state index contributed by atoms with van der Waals surface area (Å²) in [6, 6.07) is 7.21. The lowest BCUT2D eigenvalue weighted by molar-refractivity contribution is -0.136. The highest BCUT2D eigenvalue weighted by Gasteiger charge is 2.26. The summed E-state index contributed by atoms with van der Waals surface area (Å²) in [6.45, 7) is 5.53. The van der Waals surface area contributed by atoms with Crippen molar-refractivity contribution in [2.24, 2.45) is 16.6 Å². The van der Waals surface area contributed by atoms with Crippen LogP contribution in [0.25, 0.3) is 0 Å². The molecule has 0 aliphatic carbocycles. The Morgan fingerprint density at radius 1 is 1.21 bits per heavy atom. The Hall–Kier alpha value is -1.96. The minimum absolute atomic E-state index is 0.0457. The van der Waals surface area contributed by atoms with Crippen molar-refractivity contribution in [1.29, 1.82) is 0 Å². The second-order valence-corrected chi connectivity index (χ2v) is 7.23. The number of benzene rings is 1. The molecule has 0 bridgehead atoms. The largest absolute Gasteiger partial charge is 0.494 e. The summed E-state index contributed by atoms with van der Waals surface area (Å²) in [6.07, 6.45) is -1.90. The summed E-state index contributed by atoms with van der Waals surface area (Å²) in [5.41, 5.74) is 6.44. The number of halogens is 3. The van der Waals surface area contributed by atoms with Gasteiger partial charge in [-0.2, -0.15) is 13.2 Å². The number of likely N-dealkylation sites (tertiary alicyclic amines) is 1. The van der Waals surface area contributed by atoms with Gasteiger partial charge in [0.15, 0.2) is 5.96 Å². The lowest BCUT2D eigenvalue weighted by Gasteiger charge is -2.33. The van der Waals surface area contributed by atoms with Crippen molar-refractivity contribution in [2.75, 3.05) is 38.1 Å². The lowest BCUT2D eigenvalue weighted by Crippen LogP contribution is -2.42. The van der Waals surface area contributed by atoms with Crippen molar-refractivity contribution in [3.8, 4) is 5.75 Å². The standard InChI is InChI=1S/C20H31F3N4O/c1-16-8-13-27(14-9-16)19(25-12-3-11-24)26-17-4-6-18(7-5-17)28-15-2-10-20(21,22)23/h4-7,16H,2-3,8-15,24H2,1H3,(H,25,26). The second kappa shape index (κ2) is 11.1. The van der Waals surface area contributed by atoms with Gasteiger partial charge >= 0.3 is 6.18 Å². The Morgan fingerprint density at radius 3 is 2.50 bits per heavy atom. The zero-order valence-electron chi connectivity index (χ0n) is 16.5. The Kier molecular flexibility index (Phi) is 8.89. The number of rotatable bonds is 8. The first-order chi connectivity index (χ1) is 13.4. The zero-order valence-corrected chi connectivity index (χ0v) is 16.5. The van der Waals surface area contributed by atoms with E-state index in [9.17, 15) is 13.2 Å². The number of anilines is 1. The number of nitrogens with two attached hydrogens (primary N) is 1. The normalized spacial score (nSPS) is 16.3. The van der Waals surface area contributed by atoms with Crippen LogP contribution in [0.15, 0.2) is 29.3 Å². The Bertz CT molecular complexity index is 596. The van der Waals surface area contributed by atoms with Crippen molar-refractivity contribution in [3.63, 3.8) is 0 Å². The van der Waals surface area contributed by atoms with E-state index < -0.39 is 12.6 Å². The van der Waals surface area contributed by atoms with Gasteiger partial charge in [0.1, 0.15) is 5.75 Å².